The molecule has 0 aliphatic heterocycles. The Balaban J connectivity index is 2.89. The van der Waals surface area contributed by atoms with E-state index in [1.165, 1.54) is 0 Å². The maximum atomic E-state index is 8.34. The largest absolute Gasteiger partial charge is 0.493 e. The van der Waals surface area contributed by atoms with Crippen molar-refractivity contribution in [2.45, 2.75) is 6.92 Å². The fourth-order valence-corrected chi connectivity index (χ4v) is 1.01. The SMILES string of the molecule is COc1ccc(C)cc1OCC#N. The van der Waals surface area contributed by atoms with Crippen molar-refractivity contribution >= 4 is 0 Å². The maximum absolute atomic E-state index is 8.34. The molecule has 0 radical (unpaired) electrons. The van der Waals surface area contributed by atoms with Crippen molar-refractivity contribution in [2.75, 3.05) is 13.7 Å². The summed E-state index contributed by atoms with van der Waals surface area (Å²) in [6.07, 6.45) is 0. The number of methoxy groups -OCH3 is 1. The summed E-state index contributed by atoms with van der Waals surface area (Å²) in [7, 11) is 1.57. The van der Waals surface area contributed by atoms with Gasteiger partial charge >= 0.3 is 0 Å². The molecule has 68 valence electrons. The van der Waals surface area contributed by atoms with E-state index in [4.69, 9.17) is 14.7 Å². The summed E-state index contributed by atoms with van der Waals surface area (Å²) < 4.78 is 10.2. The predicted molar refractivity (Wildman–Crippen MR) is 48.8 cm³/mol. The van der Waals surface area contributed by atoms with Gasteiger partial charge in [0.05, 0.1) is 7.11 Å². The molecule has 0 N–H and O–H groups in total. The Morgan fingerprint density at radius 1 is 1.38 bits per heavy atom. The van der Waals surface area contributed by atoms with E-state index in [1.807, 2.05) is 31.2 Å². The zero-order chi connectivity index (χ0) is 9.68. The lowest BCUT2D eigenvalue weighted by Gasteiger charge is -2.08. The van der Waals surface area contributed by atoms with Gasteiger partial charge in [-0.15, -0.1) is 0 Å². The third-order valence-electron chi connectivity index (χ3n) is 1.61. The van der Waals surface area contributed by atoms with Gasteiger partial charge < -0.3 is 9.47 Å². The highest BCUT2D eigenvalue weighted by molar-refractivity contribution is 5.42. The highest BCUT2D eigenvalue weighted by Gasteiger charge is 2.02. The first kappa shape index (κ1) is 9.40. The van der Waals surface area contributed by atoms with Crippen molar-refractivity contribution in [1.29, 1.82) is 5.26 Å². The van der Waals surface area contributed by atoms with E-state index in [-0.39, 0.29) is 6.61 Å². The van der Waals surface area contributed by atoms with Crippen LogP contribution in [0.3, 0.4) is 0 Å². The normalized spacial score (nSPS) is 9.00. The van der Waals surface area contributed by atoms with Gasteiger partial charge in [-0.2, -0.15) is 5.26 Å². The molecule has 0 aliphatic rings. The third kappa shape index (κ3) is 2.38. The van der Waals surface area contributed by atoms with Crippen LogP contribution in [0, 0.1) is 18.3 Å². The fraction of sp³-hybridized carbons (Fsp3) is 0.300. The van der Waals surface area contributed by atoms with Gasteiger partial charge in [-0.1, -0.05) is 6.07 Å². The van der Waals surface area contributed by atoms with Gasteiger partial charge in [0.25, 0.3) is 0 Å². The molecule has 0 fully saturated rings. The molecular formula is C10H11NO2. The molecule has 0 saturated carbocycles. The van der Waals surface area contributed by atoms with Crippen LogP contribution in [0.4, 0.5) is 0 Å². The zero-order valence-electron chi connectivity index (χ0n) is 7.70. The molecule has 3 nitrogen and oxygen atoms in total. The van der Waals surface area contributed by atoms with E-state index < -0.39 is 0 Å². The van der Waals surface area contributed by atoms with Crippen LogP contribution < -0.4 is 9.47 Å². The average Bonchev–Trinajstić information content (AvgIpc) is 2.15. The quantitative estimate of drug-likeness (QED) is 0.708. The third-order valence-corrected chi connectivity index (χ3v) is 1.61. The Morgan fingerprint density at radius 3 is 2.77 bits per heavy atom. The van der Waals surface area contributed by atoms with Gasteiger partial charge in [0, 0.05) is 0 Å². The highest BCUT2D eigenvalue weighted by atomic mass is 16.5. The summed E-state index contributed by atoms with van der Waals surface area (Å²) in [5, 5.41) is 8.34. The van der Waals surface area contributed by atoms with Gasteiger partial charge in [-0.3, -0.25) is 0 Å². The molecule has 0 aromatic heterocycles. The van der Waals surface area contributed by atoms with Crippen LogP contribution in [0.15, 0.2) is 18.2 Å². The summed E-state index contributed by atoms with van der Waals surface area (Å²) in [6.45, 7) is 2.00. The van der Waals surface area contributed by atoms with Crippen LogP contribution in [0.5, 0.6) is 11.5 Å². The van der Waals surface area contributed by atoms with Crippen LogP contribution in [0.2, 0.25) is 0 Å². The van der Waals surface area contributed by atoms with Gasteiger partial charge in [0.1, 0.15) is 6.07 Å². The maximum Gasteiger partial charge on any atom is 0.174 e. The molecule has 0 unspecified atom stereocenters. The minimum absolute atomic E-state index is 0.0415. The smallest absolute Gasteiger partial charge is 0.174 e. The predicted octanol–water partition coefficient (Wildman–Crippen LogP) is 1.91. The van der Waals surface area contributed by atoms with Crippen molar-refractivity contribution in [3.8, 4) is 17.6 Å². The molecule has 0 heterocycles. The van der Waals surface area contributed by atoms with Gasteiger partial charge in [-0.05, 0) is 24.6 Å². The number of nitriles is 1. The minimum atomic E-state index is 0.0415. The van der Waals surface area contributed by atoms with Crippen molar-refractivity contribution in [1.82, 2.24) is 0 Å². The van der Waals surface area contributed by atoms with Gasteiger partial charge in [0.2, 0.25) is 0 Å². The molecule has 0 aliphatic carbocycles. The van der Waals surface area contributed by atoms with Gasteiger partial charge in [-0.25, -0.2) is 0 Å². The van der Waals surface area contributed by atoms with Crippen LogP contribution in [0.1, 0.15) is 5.56 Å². The zero-order valence-corrected chi connectivity index (χ0v) is 7.70. The number of aryl methyl sites for hydroxylation is 1. The number of hydrogen-bond acceptors (Lipinski definition) is 3. The first-order chi connectivity index (χ1) is 6.27. The summed E-state index contributed by atoms with van der Waals surface area (Å²) >= 11 is 0. The monoisotopic (exact) mass is 177 g/mol. The Morgan fingerprint density at radius 2 is 2.15 bits per heavy atom. The second-order valence-electron chi connectivity index (χ2n) is 2.60. The molecule has 1 aromatic carbocycles. The minimum Gasteiger partial charge on any atom is -0.493 e. The number of rotatable bonds is 3. The Kier molecular flexibility index (Phi) is 3.15. The first-order valence-electron chi connectivity index (χ1n) is 3.92. The lowest BCUT2D eigenvalue weighted by molar-refractivity contribution is 0.329. The summed E-state index contributed by atoms with van der Waals surface area (Å²) in [5.41, 5.74) is 1.08. The molecular weight excluding hydrogens is 166 g/mol. The molecule has 0 atom stereocenters. The Labute approximate surface area is 77.5 Å². The first-order valence-corrected chi connectivity index (χ1v) is 3.92. The molecule has 3 heteroatoms. The van der Waals surface area contributed by atoms with Crippen LogP contribution in [-0.4, -0.2) is 13.7 Å². The van der Waals surface area contributed by atoms with Crippen LogP contribution >= 0.6 is 0 Å². The molecule has 1 rings (SSSR count). The van der Waals surface area contributed by atoms with E-state index in [2.05, 4.69) is 0 Å². The summed E-state index contributed by atoms with van der Waals surface area (Å²) in [4.78, 5) is 0. The van der Waals surface area contributed by atoms with Gasteiger partial charge in [0.15, 0.2) is 18.1 Å². The average molecular weight is 177 g/mol. The topological polar surface area (TPSA) is 42.2 Å². The number of ether oxygens (including phenoxy) is 2. The van der Waals surface area contributed by atoms with Crippen molar-refractivity contribution in [3.05, 3.63) is 23.8 Å². The standard InChI is InChI=1S/C10H11NO2/c1-8-3-4-9(12-2)10(7-8)13-6-5-11/h3-4,7H,6H2,1-2H3. The Hall–Kier alpha value is -1.69. The van der Waals surface area contributed by atoms with Crippen LogP contribution in [-0.2, 0) is 0 Å². The lowest BCUT2D eigenvalue weighted by Crippen LogP contribution is -1.96. The number of benzene rings is 1. The second kappa shape index (κ2) is 4.36. The molecule has 0 bridgehead atoms. The lowest BCUT2D eigenvalue weighted by atomic mass is 10.2. The van der Waals surface area contributed by atoms with E-state index >= 15 is 0 Å². The second-order valence-corrected chi connectivity index (χ2v) is 2.60. The number of hydrogen-bond donors (Lipinski definition) is 0. The highest BCUT2D eigenvalue weighted by Crippen LogP contribution is 2.27. The van der Waals surface area contributed by atoms with Crippen molar-refractivity contribution in [3.63, 3.8) is 0 Å². The van der Waals surface area contributed by atoms with Crippen molar-refractivity contribution < 1.29 is 9.47 Å². The fourth-order valence-electron chi connectivity index (χ4n) is 1.01. The van der Waals surface area contributed by atoms with Crippen LogP contribution in [0.25, 0.3) is 0 Å². The summed E-state index contributed by atoms with van der Waals surface area (Å²) in [5.74, 6) is 1.27. The molecule has 1 aromatic rings. The van der Waals surface area contributed by atoms with E-state index in [9.17, 15) is 0 Å². The number of nitrogens with zero attached hydrogens (tertiary/aromatic N) is 1. The molecule has 0 amide bonds. The summed E-state index contributed by atoms with van der Waals surface area (Å²) in [6, 6.07) is 7.50. The molecule has 13 heavy (non-hydrogen) atoms. The van der Waals surface area contributed by atoms with E-state index in [0.717, 1.165) is 5.56 Å². The van der Waals surface area contributed by atoms with E-state index in [1.54, 1.807) is 7.11 Å². The van der Waals surface area contributed by atoms with Crippen molar-refractivity contribution in [2.24, 2.45) is 0 Å². The molecule has 0 spiro atoms. The van der Waals surface area contributed by atoms with E-state index in [0.29, 0.717) is 11.5 Å². The Bertz CT molecular complexity index is 328. The molecule has 0 saturated heterocycles.